The summed E-state index contributed by atoms with van der Waals surface area (Å²) < 4.78 is 52.0. The van der Waals surface area contributed by atoms with Crippen molar-refractivity contribution in [3.8, 4) is 0 Å². The summed E-state index contributed by atoms with van der Waals surface area (Å²) in [7, 11) is 0.500. The first-order valence-electron chi connectivity index (χ1n) is 2.83. The number of hydrogen-bond acceptors (Lipinski definition) is 2. The van der Waals surface area contributed by atoms with Gasteiger partial charge in [0.2, 0.25) is 0 Å². The number of alkyl halides is 3. The van der Waals surface area contributed by atoms with Crippen molar-refractivity contribution in [3.63, 3.8) is 0 Å². The van der Waals surface area contributed by atoms with Crippen LogP contribution in [0.1, 0.15) is 6.92 Å². The minimum absolute atomic E-state index is 0. The molecule has 8 heteroatoms. The second kappa shape index (κ2) is 29.3. The van der Waals surface area contributed by atoms with Crippen molar-refractivity contribution in [1.82, 2.24) is 0 Å². The maximum atomic E-state index is 10.9. The molecular weight excluding hydrogens is 286 g/mol. The molecule has 3 nitrogen and oxygen atoms in total. The van der Waals surface area contributed by atoms with Crippen molar-refractivity contribution in [2.24, 2.45) is 0 Å². The van der Waals surface area contributed by atoms with Gasteiger partial charge in [0.15, 0.2) is 23.9 Å². The molecule has 0 heterocycles. The third-order valence-corrected chi connectivity index (χ3v) is 0.630. The van der Waals surface area contributed by atoms with Crippen LogP contribution in [0.25, 0.3) is 0 Å². The monoisotopic (exact) mass is 299 g/mol. The van der Waals surface area contributed by atoms with Gasteiger partial charge < -0.3 is 9.29 Å². The van der Waals surface area contributed by atoms with Crippen LogP contribution in [0.4, 0.5) is 13.2 Å². The van der Waals surface area contributed by atoms with E-state index in [4.69, 9.17) is 4.55 Å². The van der Waals surface area contributed by atoms with E-state index in [0.717, 1.165) is 0 Å². The molecule has 13 heavy (non-hydrogen) atoms. The molecule has 1 radical (unpaired) electrons. The molecule has 1 unspecified atom stereocenters. The van der Waals surface area contributed by atoms with E-state index in [1.54, 1.807) is 0 Å². The number of rotatable bonds is 3. The van der Waals surface area contributed by atoms with Crippen LogP contribution in [0.15, 0.2) is 0 Å². The molecule has 0 saturated heterocycles. The summed E-state index contributed by atoms with van der Waals surface area (Å²) in [6, 6.07) is 0. The van der Waals surface area contributed by atoms with Gasteiger partial charge in [-0.1, -0.05) is 0 Å². The molecule has 1 atom stereocenters. The predicted molar refractivity (Wildman–Crippen MR) is 41.4 cm³/mol. The van der Waals surface area contributed by atoms with E-state index in [1.165, 1.54) is 6.92 Å². The van der Waals surface area contributed by atoms with Crippen molar-refractivity contribution in [3.05, 3.63) is 0 Å². The average Bonchev–Trinajstić information content (AvgIpc) is 2.06. The molecule has 0 rings (SSSR count). The summed E-state index contributed by atoms with van der Waals surface area (Å²) in [6.07, 6.45) is 0. The molecule has 0 bridgehead atoms. The summed E-state index contributed by atoms with van der Waals surface area (Å²) in [6.45, 7) is 0.201. The Morgan fingerprint density at radius 1 is 1.38 bits per heavy atom. The summed E-state index contributed by atoms with van der Waals surface area (Å²) >= 11 is -2.03. The molecule has 0 amide bonds. The summed E-state index contributed by atoms with van der Waals surface area (Å²) in [5.41, 5.74) is 0. The van der Waals surface area contributed by atoms with Crippen molar-refractivity contribution >= 4 is 11.1 Å². The van der Waals surface area contributed by atoms with Gasteiger partial charge in [-0.3, -0.25) is 8.78 Å². The third kappa shape index (κ3) is 63.2. The quantitative estimate of drug-likeness (QED) is 0.806. The minimum Gasteiger partial charge on any atom is -0.335 e. The molecule has 0 aliphatic rings. The van der Waals surface area contributed by atoms with Gasteiger partial charge in [0.1, 0.15) is 0 Å². The molecule has 0 aromatic rings. The van der Waals surface area contributed by atoms with E-state index in [-0.39, 0.29) is 39.4 Å². The largest absolute Gasteiger partial charge is 0.335 e. The van der Waals surface area contributed by atoms with E-state index < -0.39 is 23.9 Å². The van der Waals surface area contributed by atoms with Gasteiger partial charge in [-0.05, 0) is 6.92 Å². The Kier molecular flexibility index (Phi) is 53.2. The van der Waals surface area contributed by atoms with Crippen LogP contribution >= 0.6 is 0 Å². The maximum absolute atomic E-state index is 10.9. The fourth-order valence-corrected chi connectivity index (χ4v) is 0.308. The number of hydrogen-bond donors (Lipinski definition) is 1. The normalized spacial score (nSPS) is 9.38. The van der Waals surface area contributed by atoms with Gasteiger partial charge in [-0.25, -0.2) is 8.60 Å². The van der Waals surface area contributed by atoms with Gasteiger partial charge in [0.25, 0.3) is 0 Å². The zero-order valence-corrected chi connectivity index (χ0v) is 11.2. The Morgan fingerprint density at radius 2 is 1.69 bits per heavy atom. The van der Waals surface area contributed by atoms with Crippen molar-refractivity contribution < 1.29 is 59.4 Å². The third-order valence-electron chi connectivity index (χ3n) is 0.261. The molecule has 1 N–H and O–H groups in total. The fourth-order valence-electron chi connectivity index (χ4n) is 0.103. The summed E-state index contributed by atoms with van der Waals surface area (Å²) in [5.74, 6) is -0.448. The van der Waals surface area contributed by atoms with Gasteiger partial charge in [-0.2, -0.15) is 0 Å². The standard InChI is InChI=1S/C2H5FO3S.C2H5F.CH3F.Y/c3-1-6-2-7(4)5;1-2-3;1-2;/h1-2H2,(H,4,5);2H2,1H3;1H3;. The molecule has 0 aromatic carbocycles. The zero-order chi connectivity index (χ0) is 10.4. The molecule has 0 spiro atoms. The minimum atomic E-state index is -2.03. The van der Waals surface area contributed by atoms with E-state index in [2.05, 4.69) is 4.74 Å². The Morgan fingerprint density at radius 3 is 1.77 bits per heavy atom. The van der Waals surface area contributed by atoms with Crippen LogP contribution in [-0.2, 0) is 48.5 Å². The Balaban J connectivity index is -0.0000000581. The SMILES string of the molecule is CCF.CF.O=S(O)COCF.[Y]. The van der Waals surface area contributed by atoms with Crippen LogP contribution < -0.4 is 0 Å². The van der Waals surface area contributed by atoms with E-state index in [0.29, 0.717) is 7.18 Å². The summed E-state index contributed by atoms with van der Waals surface area (Å²) in [4.78, 5) is 0. The van der Waals surface area contributed by atoms with Crippen molar-refractivity contribution in [2.75, 3.05) is 26.7 Å². The maximum Gasteiger partial charge on any atom is 0.189 e. The molecule has 81 valence electrons. The fraction of sp³-hybridized carbons (Fsp3) is 1.00. The van der Waals surface area contributed by atoms with Crippen LogP contribution in [-0.4, -0.2) is 35.4 Å². The van der Waals surface area contributed by atoms with Gasteiger partial charge in [0.05, 0.1) is 13.9 Å². The van der Waals surface area contributed by atoms with Gasteiger partial charge >= 0.3 is 0 Å². The summed E-state index contributed by atoms with van der Waals surface area (Å²) in [5, 5.41) is 0. The van der Waals surface area contributed by atoms with Gasteiger partial charge in [-0.15, -0.1) is 0 Å². The predicted octanol–water partition coefficient (Wildman–Crippen LogP) is 1.67. The molecule has 0 fully saturated rings. The first-order valence-corrected chi connectivity index (χ1v) is 4.11. The van der Waals surface area contributed by atoms with Crippen molar-refractivity contribution in [1.29, 1.82) is 0 Å². The van der Waals surface area contributed by atoms with Crippen molar-refractivity contribution in [2.45, 2.75) is 6.92 Å². The van der Waals surface area contributed by atoms with Crippen LogP contribution in [0.2, 0.25) is 0 Å². The van der Waals surface area contributed by atoms with E-state index >= 15 is 0 Å². The second-order valence-corrected chi connectivity index (χ2v) is 1.90. The van der Waals surface area contributed by atoms with Crippen LogP contribution in [0.3, 0.4) is 0 Å². The topological polar surface area (TPSA) is 46.5 Å². The first-order chi connectivity index (χ1) is 5.68. The smallest absolute Gasteiger partial charge is 0.189 e. The molecule has 0 aliphatic heterocycles. The molecule has 0 saturated carbocycles. The van der Waals surface area contributed by atoms with E-state index in [1.807, 2.05) is 0 Å². The first kappa shape index (κ1) is 23.6. The Bertz CT molecular complexity index is 89.4. The Labute approximate surface area is 104 Å². The molecular formula is C5H13F3O3SY. The van der Waals surface area contributed by atoms with Crippen LogP contribution in [0, 0.1) is 0 Å². The van der Waals surface area contributed by atoms with E-state index in [9.17, 15) is 17.4 Å². The van der Waals surface area contributed by atoms with Crippen LogP contribution in [0.5, 0.6) is 0 Å². The second-order valence-electron chi connectivity index (χ2n) is 1.02. The number of halogens is 3. The molecule has 0 aromatic heterocycles. The average molecular weight is 299 g/mol. The van der Waals surface area contributed by atoms with Gasteiger partial charge in [0, 0.05) is 32.7 Å². The number of ether oxygens (including phenoxy) is 1. The molecule has 0 aliphatic carbocycles. The Hall–Kier alpha value is 0.964. The zero-order valence-electron chi connectivity index (χ0n) is 7.50.